The molecule has 0 aromatic heterocycles. The lowest BCUT2D eigenvalue weighted by molar-refractivity contribution is -0.277. The number of halogens is 5. The molecule has 0 aliphatic carbocycles. The second-order valence-corrected chi connectivity index (χ2v) is 5.87. The van der Waals surface area contributed by atoms with Crippen LogP contribution in [0.4, 0.5) is 22.0 Å². The summed E-state index contributed by atoms with van der Waals surface area (Å²) in [5.74, 6) is -15.0. The van der Waals surface area contributed by atoms with Gasteiger partial charge in [-0.3, -0.25) is 14.5 Å². The summed E-state index contributed by atoms with van der Waals surface area (Å²) in [6, 6.07) is 4.70. The van der Waals surface area contributed by atoms with Gasteiger partial charge in [-0.05, 0) is 6.42 Å². The van der Waals surface area contributed by atoms with E-state index in [9.17, 15) is 36.3 Å². The van der Waals surface area contributed by atoms with E-state index in [0.29, 0.717) is 17.0 Å². The first-order valence-corrected chi connectivity index (χ1v) is 7.72. The Balaban J connectivity index is 2.22. The lowest BCUT2D eigenvalue weighted by atomic mass is 9.84. The lowest BCUT2D eigenvalue weighted by Crippen LogP contribution is -2.58. The molecule has 0 bridgehead atoms. The van der Waals surface area contributed by atoms with Crippen LogP contribution < -0.4 is 0 Å². The molecule has 1 aliphatic rings. The second kappa shape index (κ2) is 7.09. The molecule has 1 aromatic carbocycles. The SMILES string of the molecule is O=C1C=CC(=O)N1CCCC(F)(F)C(F)(F)C(F)(C(=O)O)c1ccccc1. The summed E-state index contributed by atoms with van der Waals surface area (Å²) in [6.45, 7) is -0.589. The van der Waals surface area contributed by atoms with Crippen LogP contribution in [0.1, 0.15) is 18.4 Å². The van der Waals surface area contributed by atoms with Crippen LogP contribution in [-0.2, 0) is 20.1 Å². The number of nitrogens with zero attached hydrogens (tertiary/aromatic N) is 1. The van der Waals surface area contributed by atoms with Gasteiger partial charge in [0.25, 0.3) is 11.8 Å². The van der Waals surface area contributed by atoms with E-state index in [2.05, 4.69) is 0 Å². The maximum atomic E-state index is 14.8. The van der Waals surface area contributed by atoms with Gasteiger partial charge >= 0.3 is 23.5 Å². The van der Waals surface area contributed by atoms with Crippen molar-refractivity contribution in [2.45, 2.75) is 30.4 Å². The minimum Gasteiger partial charge on any atom is -0.478 e. The monoisotopic (exact) mass is 391 g/mol. The Morgan fingerprint density at radius 1 is 0.963 bits per heavy atom. The number of carbonyl (C=O) groups is 3. The van der Waals surface area contributed by atoms with Crippen LogP contribution >= 0.6 is 0 Å². The van der Waals surface area contributed by atoms with Gasteiger partial charge in [0.1, 0.15) is 0 Å². The first-order valence-electron chi connectivity index (χ1n) is 7.72. The zero-order chi connectivity index (χ0) is 20.5. The number of hydrogen-bond acceptors (Lipinski definition) is 3. The van der Waals surface area contributed by atoms with Gasteiger partial charge in [0.15, 0.2) is 0 Å². The minimum atomic E-state index is -5.59. The number of alkyl halides is 5. The Morgan fingerprint density at radius 2 is 1.48 bits per heavy atom. The highest BCUT2D eigenvalue weighted by atomic mass is 19.3. The third-order valence-electron chi connectivity index (χ3n) is 4.13. The molecule has 0 spiro atoms. The van der Waals surface area contributed by atoms with Crippen molar-refractivity contribution in [2.24, 2.45) is 0 Å². The Hall–Kier alpha value is -2.78. The maximum Gasteiger partial charge on any atom is 0.358 e. The molecular formula is C17H14F5NO4. The zero-order valence-corrected chi connectivity index (χ0v) is 13.7. The van der Waals surface area contributed by atoms with Crippen molar-refractivity contribution >= 4 is 17.8 Å². The van der Waals surface area contributed by atoms with E-state index in [4.69, 9.17) is 5.11 Å². The number of rotatable bonds is 8. The fraction of sp³-hybridized carbons (Fsp3) is 0.353. The van der Waals surface area contributed by atoms with Crippen molar-refractivity contribution in [3.63, 3.8) is 0 Å². The smallest absolute Gasteiger partial charge is 0.358 e. The molecule has 0 saturated carbocycles. The summed E-state index contributed by atoms with van der Waals surface area (Å²) in [5, 5.41) is 8.96. The van der Waals surface area contributed by atoms with Crippen molar-refractivity contribution in [1.82, 2.24) is 4.90 Å². The second-order valence-electron chi connectivity index (χ2n) is 5.87. The molecule has 146 valence electrons. The Kier molecular flexibility index (Phi) is 5.39. The quantitative estimate of drug-likeness (QED) is 0.546. The normalized spacial score (nSPS) is 17.3. The molecule has 0 radical (unpaired) electrons. The molecule has 1 heterocycles. The van der Waals surface area contributed by atoms with Crippen molar-refractivity contribution in [2.75, 3.05) is 6.54 Å². The highest BCUT2D eigenvalue weighted by molar-refractivity contribution is 6.12. The van der Waals surface area contributed by atoms with Gasteiger partial charge in [0.05, 0.1) is 0 Å². The predicted molar refractivity (Wildman–Crippen MR) is 81.9 cm³/mol. The van der Waals surface area contributed by atoms with E-state index in [1.807, 2.05) is 0 Å². The van der Waals surface area contributed by atoms with Crippen molar-refractivity contribution in [1.29, 1.82) is 0 Å². The van der Waals surface area contributed by atoms with Gasteiger partial charge in [-0.1, -0.05) is 30.3 Å². The van der Waals surface area contributed by atoms with Crippen LogP contribution in [-0.4, -0.2) is 46.2 Å². The largest absolute Gasteiger partial charge is 0.478 e. The Morgan fingerprint density at radius 3 is 1.96 bits per heavy atom. The topological polar surface area (TPSA) is 74.7 Å². The number of imide groups is 1. The van der Waals surface area contributed by atoms with E-state index in [-0.39, 0.29) is 0 Å². The third-order valence-corrected chi connectivity index (χ3v) is 4.13. The Labute approximate surface area is 150 Å². The molecule has 10 heteroatoms. The van der Waals surface area contributed by atoms with E-state index >= 15 is 0 Å². The predicted octanol–water partition coefficient (Wildman–Crippen LogP) is 2.91. The molecule has 0 saturated heterocycles. The highest BCUT2D eigenvalue weighted by Gasteiger charge is 2.73. The molecule has 1 unspecified atom stereocenters. The molecule has 1 atom stereocenters. The number of carboxylic acid groups (broad SMARTS) is 1. The summed E-state index contributed by atoms with van der Waals surface area (Å²) in [4.78, 5) is 34.4. The molecule has 27 heavy (non-hydrogen) atoms. The number of benzene rings is 1. The van der Waals surface area contributed by atoms with Crippen LogP contribution in [0.5, 0.6) is 0 Å². The van der Waals surface area contributed by atoms with Gasteiger partial charge in [0, 0.05) is 30.7 Å². The lowest BCUT2D eigenvalue weighted by Gasteiger charge is -2.35. The maximum absolute atomic E-state index is 14.8. The molecule has 1 N–H and O–H groups in total. The summed E-state index contributed by atoms with van der Waals surface area (Å²) in [7, 11) is 0. The third kappa shape index (κ3) is 3.43. The van der Waals surface area contributed by atoms with E-state index in [1.54, 1.807) is 0 Å². The first kappa shape index (κ1) is 20.5. The average Bonchev–Trinajstić information content (AvgIpc) is 2.93. The van der Waals surface area contributed by atoms with E-state index in [0.717, 1.165) is 24.3 Å². The van der Waals surface area contributed by atoms with Gasteiger partial charge in [-0.25, -0.2) is 9.18 Å². The number of aliphatic carboxylic acids is 1. The van der Waals surface area contributed by atoms with Crippen LogP contribution in [0.25, 0.3) is 0 Å². The van der Waals surface area contributed by atoms with Crippen molar-refractivity contribution in [3.8, 4) is 0 Å². The molecule has 1 aromatic rings. The highest BCUT2D eigenvalue weighted by Crippen LogP contribution is 2.52. The van der Waals surface area contributed by atoms with Gasteiger partial charge < -0.3 is 5.11 Å². The van der Waals surface area contributed by atoms with Gasteiger partial charge in [-0.2, -0.15) is 17.6 Å². The number of amides is 2. The van der Waals surface area contributed by atoms with Crippen LogP contribution in [0.15, 0.2) is 42.5 Å². The first-order chi connectivity index (χ1) is 12.4. The molecule has 2 rings (SSSR count). The number of carbonyl (C=O) groups excluding carboxylic acids is 2. The standard InChI is InChI=1S/C17H14F5NO4/c18-15(19,9-4-10-23-12(24)7-8-13(23)25)17(21,22)16(20,14(26)27)11-5-2-1-3-6-11/h1-3,5-8H,4,9-10H2,(H,26,27). The van der Waals surface area contributed by atoms with Gasteiger partial charge in [0.2, 0.25) is 0 Å². The fourth-order valence-electron chi connectivity index (χ4n) is 2.63. The Bertz CT molecular complexity index is 763. The average molecular weight is 391 g/mol. The summed E-state index contributed by atoms with van der Waals surface area (Å²) in [5.41, 5.74) is -5.80. The molecular weight excluding hydrogens is 377 g/mol. The minimum absolute atomic E-state index is 0.561. The molecule has 5 nitrogen and oxygen atoms in total. The number of carboxylic acids is 1. The molecule has 2 amide bonds. The van der Waals surface area contributed by atoms with Crippen LogP contribution in [0, 0.1) is 0 Å². The summed E-state index contributed by atoms with van der Waals surface area (Å²) < 4.78 is 71.9. The zero-order valence-electron chi connectivity index (χ0n) is 13.7. The van der Waals surface area contributed by atoms with E-state index < -0.39 is 60.2 Å². The fourth-order valence-corrected chi connectivity index (χ4v) is 2.63. The van der Waals surface area contributed by atoms with Crippen molar-refractivity contribution < 1.29 is 41.4 Å². The van der Waals surface area contributed by atoms with Gasteiger partial charge in [-0.15, -0.1) is 0 Å². The van der Waals surface area contributed by atoms with Crippen LogP contribution in [0.3, 0.4) is 0 Å². The summed E-state index contributed by atoms with van der Waals surface area (Å²) in [6.07, 6.45) is -0.627. The number of hydrogen-bond donors (Lipinski definition) is 1. The van der Waals surface area contributed by atoms with Crippen LogP contribution in [0.2, 0.25) is 0 Å². The summed E-state index contributed by atoms with van der Waals surface area (Å²) >= 11 is 0. The molecule has 1 aliphatic heterocycles. The molecule has 0 fully saturated rings. The van der Waals surface area contributed by atoms with E-state index in [1.165, 1.54) is 6.07 Å². The van der Waals surface area contributed by atoms with Crippen molar-refractivity contribution in [3.05, 3.63) is 48.0 Å².